The van der Waals surface area contributed by atoms with Crippen LogP contribution in [0.25, 0.3) is 0 Å². The summed E-state index contributed by atoms with van der Waals surface area (Å²) in [6, 6.07) is 5.11. The highest BCUT2D eigenvalue weighted by Crippen LogP contribution is 2.48. The average Bonchev–Trinajstić information content (AvgIpc) is 2.36. The lowest BCUT2D eigenvalue weighted by Crippen LogP contribution is -2.23. The smallest absolute Gasteiger partial charge is 0.419 e. The summed E-state index contributed by atoms with van der Waals surface area (Å²) in [5, 5.41) is 0. The first-order chi connectivity index (χ1) is 6.49. The van der Waals surface area contributed by atoms with Crippen LogP contribution >= 0.6 is 46.4 Å². The number of alkyl halides is 4. The Labute approximate surface area is 101 Å². The van der Waals surface area contributed by atoms with Crippen molar-refractivity contribution in [3.63, 3.8) is 0 Å². The van der Waals surface area contributed by atoms with E-state index >= 15 is 0 Å². The molecule has 1 aliphatic heterocycles. The van der Waals surface area contributed by atoms with E-state index in [4.69, 9.17) is 55.9 Å². The molecule has 2 rings (SSSR count). The predicted octanol–water partition coefficient (Wildman–Crippen LogP) is 4.02. The number of ether oxygens (including phenoxy) is 2. The summed E-state index contributed by atoms with van der Waals surface area (Å²) >= 11 is 22.7. The third-order valence-electron chi connectivity index (χ3n) is 1.69. The maximum Gasteiger partial charge on any atom is 0.419 e. The maximum absolute atomic E-state index is 5.72. The Bertz CT molecular complexity index is 364. The molecular weight excluding hydrogens is 270 g/mol. The van der Waals surface area contributed by atoms with Crippen LogP contribution in [0.15, 0.2) is 18.2 Å². The van der Waals surface area contributed by atoms with Gasteiger partial charge >= 0.3 is 4.71 Å². The van der Waals surface area contributed by atoms with Crippen LogP contribution < -0.4 is 9.47 Å². The number of fused-ring (bicyclic) bond motifs is 1. The lowest BCUT2D eigenvalue weighted by atomic mass is 10.2. The molecule has 0 fully saturated rings. The first-order valence-electron chi connectivity index (χ1n) is 3.66. The van der Waals surface area contributed by atoms with Crippen LogP contribution in [0.1, 0.15) is 10.4 Å². The molecule has 1 aromatic rings. The Morgan fingerprint density at radius 3 is 2.50 bits per heavy atom. The Morgan fingerprint density at radius 1 is 1.14 bits per heavy atom. The Morgan fingerprint density at radius 2 is 1.86 bits per heavy atom. The second-order valence-electron chi connectivity index (χ2n) is 2.64. The molecule has 0 aromatic heterocycles. The molecule has 0 N–H and O–H groups in total. The molecule has 0 bridgehead atoms. The standard InChI is InChI=1S/C8H4Cl4O2/c9-7(10)4-2-1-3-5-6(4)14-8(11,12)13-5/h1-3,7H. The van der Waals surface area contributed by atoms with Gasteiger partial charge in [-0.2, -0.15) is 0 Å². The highest BCUT2D eigenvalue weighted by Gasteiger charge is 2.39. The third kappa shape index (κ3) is 1.84. The van der Waals surface area contributed by atoms with Gasteiger partial charge in [-0.25, -0.2) is 0 Å². The normalized spacial score (nSPS) is 17.5. The summed E-state index contributed by atoms with van der Waals surface area (Å²) < 4.78 is 8.51. The van der Waals surface area contributed by atoms with E-state index in [0.717, 1.165) is 0 Å². The summed E-state index contributed by atoms with van der Waals surface area (Å²) in [5.74, 6) is 0.811. The zero-order valence-electron chi connectivity index (χ0n) is 6.64. The van der Waals surface area contributed by atoms with E-state index in [0.29, 0.717) is 17.1 Å². The highest BCUT2D eigenvalue weighted by atomic mass is 35.5. The molecule has 1 heterocycles. The lowest BCUT2D eigenvalue weighted by Gasteiger charge is -2.10. The Hall–Kier alpha value is -0.0200. The van der Waals surface area contributed by atoms with Crippen molar-refractivity contribution in [3.8, 4) is 11.5 Å². The molecule has 0 saturated heterocycles. The number of hydrogen-bond donors (Lipinski definition) is 0. The molecule has 0 spiro atoms. The predicted molar refractivity (Wildman–Crippen MR) is 56.6 cm³/mol. The average molecular weight is 274 g/mol. The quantitative estimate of drug-likeness (QED) is 0.720. The molecule has 0 aliphatic carbocycles. The molecule has 76 valence electrons. The molecule has 6 heteroatoms. The minimum absolute atomic E-state index is 0.382. The zero-order chi connectivity index (χ0) is 10.3. The van der Waals surface area contributed by atoms with Crippen molar-refractivity contribution in [3.05, 3.63) is 23.8 Å². The molecule has 14 heavy (non-hydrogen) atoms. The molecule has 1 aliphatic rings. The van der Waals surface area contributed by atoms with E-state index in [1.165, 1.54) is 0 Å². The van der Waals surface area contributed by atoms with Crippen molar-refractivity contribution in [2.45, 2.75) is 9.54 Å². The fourth-order valence-electron chi connectivity index (χ4n) is 1.16. The number of benzene rings is 1. The molecule has 1 aromatic carbocycles. The summed E-state index contributed by atoms with van der Waals surface area (Å²) in [6.07, 6.45) is 0. The van der Waals surface area contributed by atoms with Crippen molar-refractivity contribution >= 4 is 46.4 Å². The fraction of sp³-hybridized carbons (Fsp3) is 0.250. The number of rotatable bonds is 1. The molecule has 0 atom stereocenters. The van der Waals surface area contributed by atoms with Gasteiger partial charge in [0.05, 0.1) is 0 Å². The van der Waals surface area contributed by atoms with E-state index in [1.54, 1.807) is 18.2 Å². The molecule has 0 amide bonds. The lowest BCUT2D eigenvalue weighted by molar-refractivity contribution is 0.0845. The first kappa shape index (κ1) is 10.5. The minimum Gasteiger partial charge on any atom is -0.423 e. The van der Waals surface area contributed by atoms with Crippen LogP contribution in [0.4, 0.5) is 0 Å². The molecular formula is C8H4Cl4O2. The van der Waals surface area contributed by atoms with Crippen molar-refractivity contribution in [2.24, 2.45) is 0 Å². The van der Waals surface area contributed by atoms with Gasteiger partial charge in [-0.3, -0.25) is 0 Å². The zero-order valence-corrected chi connectivity index (χ0v) is 9.66. The van der Waals surface area contributed by atoms with Gasteiger partial charge in [0, 0.05) is 5.56 Å². The second kappa shape index (κ2) is 3.53. The van der Waals surface area contributed by atoms with Gasteiger partial charge in [0.15, 0.2) is 11.5 Å². The van der Waals surface area contributed by atoms with E-state index in [9.17, 15) is 0 Å². The van der Waals surface area contributed by atoms with Gasteiger partial charge in [-0.15, -0.1) is 0 Å². The first-order valence-corrected chi connectivity index (χ1v) is 5.29. The highest BCUT2D eigenvalue weighted by molar-refractivity contribution is 6.47. The van der Waals surface area contributed by atoms with Crippen LogP contribution in [-0.4, -0.2) is 4.71 Å². The van der Waals surface area contributed by atoms with Crippen molar-refractivity contribution in [1.29, 1.82) is 0 Å². The largest absolute Gasteiger partial charge is 0.423 e. The van der Waals surface area contributed by atoms with Gasteiger partial charge in [0.25, 0.3) is 0 Å². The number of halogens is 4. The topological polar surface area (TPSA) is 18.5 Å². The number of para-hydroxylation sites is 1. The summed E-state index contributed by atoms with van der Waals surface area (Å²) in [6.45, 7) is 0. The Balaban J connectivity index is 2.46. The summed E-state index contributed by atoms with van der Waals surface area (Å²) in [5.41, 5.74) is 0.578. The van der Waals surface area contributed by atoms with E-state index < -0.39 is 9.54 Å². The third-order valence-corrected chi connectivity index (χ3v) is 2.47. The molecule has 2 nitrogen and oxygen atoms in total. The van der Waals surface area contributed by atoms with E-state index in [-0.39, 0.29) is 0 Å². The number of hydrogen-bond acceptors (Lipinski definition) is 2. The van der Waals surface area contributed by atoms with Crippen LogP contribution in [-0.2, 0) is 0 Å². The van der Waals surface area contributed by atoms with Gasteiger partial charge in [0.1, 0.15) is 4.84 Å². The maximum atomic E-state index is 5.72. The molecule has 0 unspecified atom stereocenters. The van der Waals surface area contributed by atoms with E-state index in [2.05, 4.69) is 0 Å². The van der Waals surface area contributed by atoms with Gasteiger partial charge in [-0.1, -0.05) is 35.3 Å². The van der Waals surface area contributed by atoms with Gasteiger partial charge < -0.3 is 9.47 Å². The summed E-state index contributed by atoms with van der Waals surface area (Å²) in [7, 11) is 0. The van der Waals surface area contributed by atoms with Gasteiger partial charge in [-0.05, 0) is 29.3 Å². The minimum atomic E-state index is -1.69. The van der Waals surface area contributed by atoms with Crippen LogP contribution in [0.2, 0.25) is 0 Å². The van der Waals surface area contributed by atoms with Crippen LogP contribution in [0.3, 0.4) is 0 Å². The van der Waals surface area contributed by atoms with Gasteiger partial charge in [0.2, 0.25) is 0 Å². The van der Waals surface area contributed by atoms with Crippen molar-refractivity contribution < 1.29 is 9.47 Å². The second-order valence-corrected chi connectivity index (χ2v) is 4.93. The van der Waals surface area contributed by atoms with Crippen LogP contribution in [0, 0.1) is 0 Å². The SMILES string of the molecule is ClC(Cl)c1cccc2c1OC(Cl)(Cl)O2. The van der Waals surface area contributed by atoms with E-state index in [1.807, 2.05) is 0 Å². The van der Waals surface area contributed by atoms with Crippen molar-refractivity contribution in [1.82, 2.24) is 0 Å². The Kier molecular flexibility index (Phi) is 2.64. The molecule has 0 saturated carbocycles. The monoisotopic (exact) mass is 272 g/mol. The van der Waals surface area contributed by atoms with Crippen molar-refractivity contribution in [2.75, 3.05) is 0 Å². The fourth-order valence-corrected chi connectivity index (χ4v) is 1.83. The summed E-state index contributed by atoms with van der Waals surface area (Å²) in [4.78, 5) is -0.712. The molecule has 0 radical (unpaired) electrons. The van der Waals surface area contributed by atoms with Crippen LogP contribution in [0.5, 0.6) is 11.5 Å².